The Hall–Kier alpha value is -2.19. The van der Waals surface area contributed by atoms with E-state index in [-0.39, 0.29) is 10.8 Å². The summed E-state index contributed by atoms with van der Waals surface area (Å²) in [6, 6.07) is 15.7. The van der Waals surface area contributed by atoms with Gasteiger partial charge in [0.25, 0.3) is 0 Å². The molecule has 0 spiro atoms. The van der Waals surface area contributed by atoms with Gasteiger partial charge in [0.05, 0.1) is 0 Å². The zero-order valence-electron chi connectivity index (χ0n) is 23.4. The van der Waals surface area contributed by atoms with Gasteiger partial charge < -0.3 is 0 Å². The summed E-state index contributed by atoms with van der Waals surface area (Å²) in [5.74, 6) is 0.568. The zero-order valence-corrected chi connectivity index (χ0v) is 24.3. The molecule has 0 radical (unpaired) electrons. The number of hydrogen-bond acceptors (Lipinski definition) is 3. The van der Waals surface area contributed by atoms with Crippen LogP contribution in [-0.4, -0.2) is 9.79 Å². The Morgan fingerprint density at radius 3 is 1.26 bits per heavy atom. The van der Waals surface area contributed by atoms with Crippen LogP contribution in [0.4, 0.5) is 0 Å². The number of benzene rings is 3. The first-order valence-corrected chi connectivity index (χ1v) is 14.4. The third-order valence-corrected chi connectivity index (χ3v) is 9.96. The number of rotatable bonds is 4. The molecular weight excluding hydrogens is 451 g/mol. The first kappa shape index (κ1) is 27.4. The molecule has 3 nitrogen and oxygen atoms in total. The van der Waals surface area contributed by atoms with Crippen molar-refractivity contribution < 1.29 is 14.3 Å². The van der Waals surface area contributed by atoms with Gasteiger partial charge in [-0.25, -0.2) is 0 Å². The molecular formula is C31H43O3P. The van der Waals surface area contributed by atoms with Crippen molar-refractivity contribution in [3.63, 3.8) is 0 Å². The van der Waals surface area contributed by atoms with Crippen molar-refractivity contribution in [1.29, 1.82) is 0 Å². The van der Waals surface area contributed by atoms with Crippen molar-refractivity contribution in [2.45, 2.75) is 87.0 Å². The van der Waals surface area contributed by atoms with E-state index in [9.17, 15) is 9.79 Å². The second-order valence-corrected chi connectivity index (χ2v) is 15.3. The molecule has 190 valence electrons. The summed E-state index contributed by atoms with van der Waals surface area (Å²) in [7, 11) is -5.13. The van der Waals surface area contributed by atoms with E-state index in [1.165, 1.54) is 0 Å². The Morgan fingerprint density at radius 2 is 0.943 bits per heavy atom. The van der Waals surface area contributed by atoms with E-state index in [0.717, 1.165) is 38.9 Å². The minimum atomic E-state index is -5.13. The normalized spacial score (nSPS) is 13.9. The van der Waals surface area contributed by atoms with Crippen molar-refractivity contribution in [3.05, 3.63) is 87.5 Å². The van der Waals surface area contributed by atoms with Crippen LogP contribution in [0.3, 0.4) is 0 Å². The van der Waals surface area contributed by atoms with Gasteiger partial charge >= 0.3 is 212 Å². The summed E-state index contributed by atoms with van der Waals surface area (Å²) in [6.07, 6.45) is 0. The van der Waals surface area contributed by atoms with Crippen LogP contribution in [0.5, 0.6) is 5.75 Å². The Labute approximate surface area is 212 Å². The second-order valence-electron chi connectivity index (χ2n) is 12.3. The summed E-state index contributed by atoms with van der Waals surface area (Å²) in [4.78, 5) is 25.5. The van der Waals surface area contributed by atoms with Crippen molar-refractivity contribution >= 4 is 17.9 Å². The number of aryl methyl sites for hydroxylation is 5. The molecule has 0 saturated heterocycles. The van der Waals surface area contributed by atoms with Crippen LogP contribution in [0.1, 0.15) is 80.5 Å². The van der Waals surface area contributed by atoms with Gasteiger partial charge in [0.15, 0.2) is 0 Å². The molecule has 0 atom stereocenters. The standard InChI is InChI=1S/C31H43O3P/c1-20-12-14-27(23(4)16-20)35(32,33,28-15-13-21(2)17-24(28)5)34-29-25(30(6,7)8)18-22(3)19-26(29)31(9,10)11/h12-19,32-33H,1-11H3. The zero-order chi connectivity index (χ0) is 26.6. The fourth-order valence-electron chi connectivity index (χ4n) is 4.90. The Kier molecular flexibility index (Phi) is 6.83. The van der Waals surface area contributed by atoms with Crippen molar-refractivity contribution in [2.75, 3.05) is 0 Å². The monoisotopic (exact) mass is 494 g/mol. The molecule has 35 heavy (non-hydrogen) atoms. The van der Waals surface area contributed by atoms with Crippen LogP contribution < -0.4 is 15.1 Å². The van der Waals surface area contributed by atoms with E-state index < -0.39 is 7.28 Å². The molecule has 0 aliphatic rings. The molecule has 0 aliphatic heterocycles. The summed E-state index contributed by atoms with van der Waals surface area (Å²) < 4.78 is 6.81. The first-order valence-electron chi connectivity index (χ1n) is 12.4. The van der Waals surface area contributed by atoms with E-state index in [0.29, 0.717) is 16.4 Å². The third kappa shape index (κ3) is 5.19. The maximum absolute atomic E-state index is 12.7. The van der Waals surface area contributed by atoms with Gasteiger partial charge in [-0.05, 0) is 0 Å². The SMILES string of the molecule is Cc1ccc(P(O)(O)(Oc2c(C(C)(C)C)cc(C)cc2C(C)(C)C)c2ccc(C)cc2C)c(C)c1. The Balaban J connectivity index is 2.49. The van der Waals surface area contributed by atoms with E-state index in [4.69, 9.17) is 4.52 Å². The quantitative estimate of drug-likeness (QED) is 0.379. The van der Waals surface area contributed by atoms with Crippen LogP contribution in [0.2, 0.25) is 0 Å². The van der Waals surface area contributed by atoms with Gasteiger partial charge in [0, 0.05) is 0 Å². The Bertz CT molecular complexity index is 1180. The summed E-state index contributed by atoms with van der Waals surface area (Å²) in [5, 5.41) is 0.877. The van der Waals surface area contributed by atoms with Crippen molar-refractivity contribution in [3.8, 4) is 5.75 Å². The Morgan fingerprint density at radius 1 is 0.571 bits per heavy atom. The predicted molar refractivity (Wildman–Crippen MR) is 152 cm³/mol. The second kappa shape index (κ2) is 8.73. The molecule has 4 heteroatoms. The molecule has 2 N–H and O–H groups in total. The molecule has 0 aliphatic carbocycles. The predicted octanol–water partition coefficient (Wildman–Crippen LogP) is 7.14. The molecule has 3 rings (SSSR count). The van der Waals surface area contributed by atoms with Crippen molar-refractivity contribution in [2.24, 2.45) is 0 Å². The fourth-order valence-corrected chi connectivity index (χ4v) is 7.99. The third-order valence-electron chi connectivity index (χ3n) is 6.69. The molecule has 0 bridgehead atoms. The molecule has 0 fully saturated rings. The van der Waals surface area contributed by atoms with Gasteiger partial charge in [-0.15, -0.1) is 0 Å². The summed E-state index contributed by atoms with van der Waals surface area (Å²) in [5.41, 5.74) is 6.25. The molecule has 0 aromatic heterocycles. The summed E-state index contributed by atoms with van der Waals surface area (Å²) in [6.45, 7) is 22.8. The van der Waals surface area contributed by atoms with E-state index in [2.05, 4.69) is 60.6 Å². The van der Waals surface area contributed by atoms with Crippen LogP contribution in [0.15, 0.2) is 48.5 Å². The minimum absolute atomic E-state index is 0.268. The summed E-state index contributed by atoms with van der Waals surface area (Å²) >= 11 is 0. The van der Waals surface area contributed by atoms with Crippen molar-refractivity contribution in [1.82, 2.24) is 0 Å². The maximum atomic E-state index is 12.7. The van der Waals surface area contributed by atoms with Crippen LogP contribution in [0, 0.1) is 34.6 Å². The van der Waals surface area contributed by atoms with Gasteiger partial charge in [0.2, 0.25) is 0 Å². The molecule has 0 saturated carbocycles. The fraction of sp³-hybridized carbons (Fsp3) is 0.419. The molecule has 0 unspecified atom stereocenters. The van der Waals surface area contributed by atoms with E-state index in [1.54, 1.807) is 0 Å². The molecule has 0 amide bonds. The number of hydrogen-bond donors (Lipinski definition) is 2. The topological polar surface area (TPSA) is 49.7 Å². The first-order chi connectivity index (χ1) is 15.8. The average molecular weight is 495 g/mol. The van der Waals surface area contributed by atoms with Gasteiger partial charge in [-0.3, -0.25) is 0 Å². The van der Waals surface area contributed by atoms with E-state index in [1.807, 2.05) is 64.1 Å². The molecule has 3 aromatic carbocycles. The molecule has 3 aromatic rings. The van der Waals surface area contributed by atoms with E-state index >= 15 is 0 Å². The van der Waals surface area contributed by atoms with Gasteiger partial charge in [0.1, 0.15) is 0 Å². The van der Waals surface area contributed by atoms with Crippen LogP contribution >= 0.6 is 7.28 Å². The van der Waals surface area contributed by atoms with Crippen LogP contribution in [-0.2, 0) is 10.8 Å². The van der Waals surface area contributed by atoms with Gasteiger partial charge in [-0.2, -0.15) is 0 Å². The van der Waals surface area contributed by atoms with Crippen LogP contribution in [0.25, 0.3) is 0 Å². The molecule has 0 heterocycles. The van der Waals surface area contributed by atoms with Gasteiger partial charge in [-0.1, -0.05) is 0 Å². The average Bonchev–Trinajstić information content (AvgIpc) is 2.66.